The number of hydrogen-bond acceptors (Lipinski definition) is 2. The molecule has 0 fully saturated rings. The van der Waals surface area contributed by atoms with Gasteiger partial charge in [0.2, 0.25) is 0 Å². The Balaban J connectivity index is 1.10. The average Bonchev–Trinajstić information content (AvgIpc) is 3.76. The number of aromatic nitrogens is 4. The molecule has 0 spiro atoms. The maximum atomic E-state index is 5.40. The van der Waals surface area contributed by atoms with Gasteiger partial charge >= 0.3 is 0 Å². The Morgan fingerprint density at radius 2 is 0.778 bits per heavy atom. The Labute approximate surface area is 311 Å². The third-order valence-corrected chi connectivity index (χ3v) is 10.7. The monoisotopic (exact) mass is 688 g/mol. The van der Waals surface area contributed by atoms with Crippen LogP contribution in [0.15, 0.2) is 194 Å². The van der Waals surface area contributed by atoms with E-state index in [1.807, 2.05) is 0 Å². The predicted octanol–water partition coefficient (Wildman–Crippen LogP) is 12.8. The zero-order valence-electron chi connectivity index (χ0n) is 29.3. The summed E-state index contributed by atoms with van der Waals surface area (Å²) < 4.78 is 4.69. The van der Waals surface area contributed by atoms with E-state index in [0.717, 1.165) is 55.7 Å². The number of para-hydroxylation sites is 4. The molecule has 11 aromatic rings. The van der Waals surface area contributed by atoms with Crippen LogP contribution in [0.25, 0.3) is 99.7 Å². The van der Waals surface area contributed by atoms with Gasteiger partial charge in [-0.05, 0) is 90.0 Å². The number of benzene rings is 8. The van der Waals surface area contributed by atoms with Crippen LogP contribution in [-0.4, -0.2) is 19.1 Å². The molecule has 0 saturated heterocycles. The molecule has 252 valence electrons. The van der Waals surface area contributed by atoms with Crippen molar-refractivity contribution in [3.05, 3.63) is 194 Å². The molecule has 0 radical (unpaired) electrons. The van der Waals surface area contributed by atoms with E-state index in [2.05, 4.69) is 203 Å². The molecule has 0 aliphatic carbocycles. The van der Waals surface area contributed by atoms with Crippen molar-refractivity contribution in [2.75, 3.05) is 0 Å². The second-order valence-corrected chi connectivity index (χ2v) is 13.8. The fraction of sp³-hybridized carbons (Fsp3) is 0. The molecule has 0 aliphatic heterocycles. The van der Waals surface area contributed by atoms with Crippen LogP contribution in [0, 0.1) is 0 Å². The molecule has 11 rings (SSSR count). The highest BCUT2D eigenvalue weighted by atomic mass is 15.0. The lowest BCUT2D eigenvalue weighted by Crippen LogP contribution is -1.97. The second kappa shape index (κ2) is 12.1. The molecule has 8 aromatic carbocycles. The van der Waals surface area contributed by atoms with E-state index < -0.39 is 0 Å². The lowest BCUT2D eigenvalue weighted by atomic mass is 9.99. The fourth-order valence-corrected chi connectivity index (χ4v) is 8.22. The van der Waals surface area contributed by atoms with Crippen LogP contribution in [0.3, 0.4) is 0 Å². The highest BCUT2D eigenvalue weighted by molar-refractivity contribution is 6.11. The average molecular weight is 689 g/mol. The van der Waals surface area contributed by atoms with E-state index in [0.29, 0.717) is 5.82 Å². The molecule has 4 heteroatoms. The zero-order valence-corrected chi connectivity index (χ0v) is 29.3. The van der Waals surface area contributed by atoms with E-state index in [-0.39, 0.29) is 0 Å². The Kier molecular flexibility index (Phi) is 6.82. The number of hydrogen-bond donors (Lipinski definition) is 0. The zero-order chi connectivity index (χ0) is 35.6. The normalized spacial score (nSPS) is 11.7. The van der Waals surface area contributed by atoms with Gasteiger partial charge in [0.1, 0.15) is 0 Å². The van der Waals surface area contributed by atoms with E-state index in [1.54, 1.807) is 0 Å². The van der Waals surface area contributed by atoms with Gasteiger partial charge < -0.3 is 9.13 Å². The van der Waals surface area contributed by atoms with E-state index >= 15 is 0 Å². The summed E-state index contributed by atoms with van der Waals surface area (Å²) in [5, 5.41) is 5.92. The van der Waals surface area contributed by atoms with Gasteiger partial charge in [-0.3, -0.25) is 0 Å². The quantitative estimate of drug-likeness (QED) is 0.180. The molecular formula is C50H32N4. The van der Waals surface area contributed by atoms with Crippen molar-refractivity contribution in [1.82, 2.24) is 19.1 Å². The third-order valence-electron chi connectivity index (χ3n) is 10.7. The van der Waals surface area contributed by atoms with Crippen molar-refractivity contribution in [3.8, 4) is 45.1 Å². The van der Waals surface area contributed by atoms with Crippen LogP contribution in [0.4, 0.5) is 0 Å². The summed E-state index contributed by atoms with van der Waals surface area (Å²) in [5.74, 6) is 0.700. The lowest BCUT2D eigenvalue weighted by Gasteiger charge is -2.13. The lowest BCUT2D eigenvalue weighted by molar-refractivity contribution is 1.17. The molecule has 4 nitrogen and oxygen atoms in total. The van der Waals surface area contributed by atoms with Gasteiger partial charge in [0, 0.05) is 49.4 Å². The Bertz CT molecular complexity index is 3140. The van der Waals surface area contributed by atoms with Crippen molar-refractivity contribution in [2.24, 2.45) is 0 Å². The first-order valence-corrected chi connectivity index (χ1v) is 18.3. The number of rotatable bonds is 5. The molecule has 0 N–H and O–H groups in total. The molecule has 0 atom stereocenters. The third kappa shape index (κ3) is 4.78. The Hall–Kier alpha value is -7.30. The predicted molar refractivity (Wildman–Crippen MR) is 225 cm³/mol. The van der Waals surface area contributed by atoms with Gasteiger partial charge in [0.25, 0.3) is 0 Å². The van der Waals surface area contributed by atoms with Crippen molar-refractivity contribution in [2.45, 2.75) is 0 Å². The Morgan fingerprint density at radius 1 is 0.296 bits per heavy atom. The summed E-state index contributed by atoms with van der Waals surface area (Å²) in [7, 11) is 0. The highest BCUT2D eigenvalue weighted by Gasteiger charge is 2.18. The molecule has 0 aliphatic rings. The largest absolute Gasteiger partial charge is 0.309 e. The van der Waals surface area contributed by atoms with Crippen LogP contribution in [0.1, 0.15) is 0 Å². The molecule has 3 heterocycles. The van der Waals surface area contributed by atoms with Crippen molar-refractivity contribution < 1.29 is 0 Å². The molecule has 0 unspecified atom stereocenters. The maximum absolute atomic E-state index is 5.40. The maximum Gasteiger partial charge on any atom is 0.160 e. The first-order valence-electron chi connectivity index (χ1n) is 18.3. The molecule has 0 amide bonds. The summed E-state index contributed by atoms with van der Waals surface area (Å²) in [6.45, 7) is 0. The standard InChI is InChI=1S/C50H32N4/c1-3-13-33(14-4-1)35-25-29-44-43(31-35)49(36-26-30-48-42(32-36)41-19-9-12-22-47(41)53(48)37-15-5-2-6-16-37)52-50(51-44)34-23-27-38(28-24-34)54-45-20-10-7-17-39(45)40-18-8-11-21-46(40)54/h1-32H. The Morgan fingerprint density at radius 3 is 1.43 bits per heavy atom. The summed E-state index contributed by atoms with van der Waals surface area (Å²) in [4.78, 5) is 10.6. The summed E-state index contributed by atoms with van der Waals surface area (Å²) in [6.07, 6.45) is 0. The minimum absolute atomic E-state index is 0.700. The van der Waals surface area contributed by atoms with Crippen LogP contribution in [0.5, 0.6) is 0 Å². The SMILES string of the molecule is c1ccc(-c2ccc3nc(-c4ccc(-n5c6ccccc6c6ccccc65)cc4)nc(-c4ccc5c(c4)c4ccccc4n5-c4ccccc4)c3c2)cc1. The van der Waals surface area contributed by atoms with E-state index in [1.165, 1.54) is 38.1 Å². The fourth-order valence-electron chi connectivity index (χ4n) is 8.22. The first kappa shape index (κ1) is 30.3. The highest BCUT2D eigenvalue weighted by Crippen LogP contribution is 2.38. The minimum Gasteiger partial charge on any atom is -0.309 e. The van der Waals surface area contributed by atoms with Crippen molar-refractivity contribution in [1.29, 1.82) is 0 Å². The molecule has 0 saturated carbocycles. The van der Waals surface area contributed by atoms with Gasteiger partial charge in [-0.1, -0.05) is 115 Å². The van der Waals surface area contributed by atoms with Crippen LogP contribution in [0.2, 0.25) is 0 Å². The topological polar surface area (TPSA) is 35.6 Å². The van der Waals surface area contributed by atoms with Gasteiger partial charge in [0.15, 0.2) is 5.82 Å². The molecule has 0 bridgehead atoms. The van der Waals surface area contributed by atoms with E-state index in [9.17, 15) is 0 Å². The van der Waals surface area contributed by atoms with Crippen LogP contribution in [-0.2, 0) is 0 Å². The van der Waals surface area contributed by atoms with Gasteiger partial charge in [0.05, 0.1) is 33.3 Å². The van der Waals surface area contributed by atoms with Crippen molar-refractivity contribution >= 4 is 54.5 Å². The van der Waals surface area contributed by atoms with Gasteiger partial charge in [-0.15, -0.1) is 0 Å². The summed E-state index contributed by atoms with van der Waals surface area (Å²) >= 11 is 0. The van der Waals surface area contributed by atoms with Crippen LogP contribution >= 0.6 is 0 Å². The first-order chi connectivity index (χ1) is 26.8. The van der Waals surface area contributed by atoms with Gasteiger partial charge in [-0.2, -0.15) is 0 Å². The van der Waals surface area contributed by atoms with Crippen molar-refractivity contribution in [3.63, 3.8) is 0 Å². The molecule has 54 heavy (non-hydrogen) atoms. The van der Waals surface area contributed by atoms with E-state index in [4.69, 9.17) is 9.97 Å². The molecule has 3 aromatic heterocycles. The second-order valence-electron chi connectivity index (χ2n) is 13.8. The van der Waals surface area contributed by atoms with Gasteiger partial charge in [-0.25, -0.2) is 9.97 Å². The summed E-state index contributed by atoms with van der Waals surface area (Å²) in [6, 6.07) is 69.0. The number of nitrogens with zero attached hydrogens (tertiary/aromatic N) is 4. The minimum atomic E-state index is 0.700. The molecular weight excluding hydrogens is 657 g/mol. The smallest absolute Gasteiger partial charge is 0.160 e. The van der Waals surface area contributed by atoms with Crippen LogP contribution < -0.4 is 0 Å². The number of fused-ring (bicyclic) bond motifs is 7. The summed E-state index contributed by atoms with van der Waals surface area (Å²) in [5.41, 5.74) is 13.1.